The highest BCUT2D eigenvalue weighted by Gasteiger charge is 2.13. The lowest BCUT2D eigenvalue weighted by Crippen LogP contribution is -2.18. The van der Waals surface area contributed by atoms with Crippen LogP contribution in [0.1, 0.15) is 40.0 Å². The zero-order chi connectivity index (χ0) is 14.8. The molecule has 0 rings (SSSR count). The van der Waals surface area contributed by atoms with Gasteiger partial charge in [0.15, 0.2) is 0 Å². The van der Waals surface area contributed by atoms with Gasteiger partial charge in [0.2, 0.25) is 6.79 Å². The number of esters is 3. The summed E-state index contributed by atoms with van der Waals surface area (Å²) >= 11 is 0. The van der Waals surface area contributed by atoms with E-state index >= 15 is 0 Å². The van der Waals surface area contributed by atoms with Crippen molar-refractivity contribution in [2.24, 2.45) is 0 Å². The second-order valence-electron chi connectivity index (χ2n) is 3.93. The lowest BCUT2D eigenvalue weighted by Gasteiger charge is -2.10. The molecule has 0 aromatic heterocycles. The van der Waals surface area contributed by atoms with E-state index in [2.05, 4.69) is 9.47 Å². The number of ketones is 1. The first-order valence-corrected chi connectivity index (χ1v) is 5.79. The summed E-state index contributed by atoms with van der Waals surface area (Å²) in [5, 5.41) is 0. The fourth-order valence-corrected chi connectivity index (χ4v) is 1.24. The minimum atomic E-state index is -0.630. The Morgan fingerprint density at radius 2 is 1.58 bits per heavy atom. The molecular weight excluding hydrogens is 256 g/mol. The molecule has 0 heterocycles. The molecule has 0 saturated carbocycles. The summed E-state index contributed by atoms with van der Waals surface area (Å²) in [5.41, 5.74) is 0. The molecule has 108 valence electrons. The molecule has 0 N–H and O–H groups in total. The SMILES string of the molecule is CC(=O)OCOC(=O)CCC(=O)CC(C)OC(C)=O. The van der Waals surface area contributed by atoms with Crippen molar-refractivity contribution >= 4 is 23.7 Å². The van der Waals surface area contributed by atoms with Crippen LogP contribution >= 0.6 is 0 Å². The van der Waals surface area contributed by atoms with Gasteiger partial charge in [0, 0.05) is 26.7 Å². The Labute approximate surface area is 111 Å². The van der Waals surface area contributed by atoms with E-state index in [-0.39, 0.29) is 25.0 Å². The number of rotatable bonds is 8. The van der Waals surface area contributed by atoms with E-state index < -0.39 is 30.8 Å². The lowest BCUT2D eigenvalue weighted by molar-refractivity contribution is -0.166. The van der Waals surface area contributed by atoms with E-state index in [1.165, 1.54) is 13.8 Å². The number of carbonyl (C=O) groups excluding carboxylic acids is 4. The zero-order valence-electron chi connectivity index (χ0n) is 11.3. The minimum absolute atomic E-state index is 0.00942. The zero-order valence-corrected chi connectivity index (χ0v) is 11.3. The molecular formula is C12H18O7. The molecule has 19 heavy (non-hydrogen) atoms. The maximum Gasteiger partial charge on any atom is 0.309 e. The van der Waals surface area contributed by atoms with Gasteiger partial charge in [-0.1, -0.05) is 0 Å². The van der Waals surface area contributed by atoms with E-state index in [1.807, 2.05) is 0 Å². The molecule has 0 aliphatic heterocycles. The molecule has 0 aromatic rings. The topological polar surface area (TPSA) is 96.0 Å². The van der Waals surface area contributed by atoms with E-state index in [1.54, 1.807) is 6.92 Å². The van der Waals surface area contributed by atoms with Crippen molar-refractivity contribution in [3.63, 3.8) is 0 Å². The highest BCUT2D eigenvalue weighted by Crippen LogP contribution is 2.04. The van der Waals surface area contributed by atoms with Crippen molar-refractivity contribution in [1.82, 2.24) is 0 Å². The summed E-state index contributed by atoms with van der Waals surface area (Å²) in [5.74, 6) is -1.85. The summed E-state index contributed by atoms with van der Waals surface area (Å²) in [7, 11) is 0. The first-order valence-electron chi connectivity index (χ1n) is 5.79. The highest BCUT2D eigenvalue weighted by atomic mass is 16.7. The number of carbonyl (C=O) groups is 4. The van der Waals surface area contributed by atoms with Gasteiger partial charge >= 0.3 is 17.9 Å². The predicted octanol–water partition coefficient (Wildman–Crippen LogP) is 0.741. The standard InChI is InChI=1S/C12H18O7/c1-8(19-10(3)14)6-11(15)4-5-12(16)18-7-17-9(2)13/h8H,4-7H2,1-3H3. The van der Waals surface area contributed by atoms with Crippen LogP contribution in [-0.2, 0) is 33.4 Å². The van der Waals surface area contributed by atoms with E-state index in [9.17, 15) is 19.2 Å². The van der Waals surface area contributed by atoms with Gasteiger partial charge < -0.3 is 14.2 Å². The molecule has 1 atom stereocenters. The van der Waals surface area contributed by atoms with Crippen molar-refractivity contribution in [2.45, 2.75) is 46.1 Å². The lowest BCUT2D eigenvalue weighted by atomic mass is 10.1. The van der Waals surface area contributed by atoms with Crippen LogP contribution in [-0.4, -0.2) is 36.6 Å². The Morgan fingerprint density at radius 3 is 2.11 bits per heavy atom. The Bertz CT molecular complexity index is 348. The molecule has 0 aromatic carbocycles. The van der Waals surface area contributed by atoms with Crippen LogP contribution in [0.15, 0.2) is 0 Å². The Hall–Kier alpha value is -1.92. The molecule has 0 aliphatic rings. The van der Waals surface area contributed by atoms with Crippen LogP contribution < -0.4 is 0 Å². The third-order valence-electron chi connectivity index (χ3n) is 1.97. The molecule has 7 nitrogen and oxygen atoms in total. The summed E-state index contributed by atoms with van der Waals surface area (Å²) in [6.45, 7) is 3.59. The average molecular weight is 274 g/mol. The minimum Gasteiger partial charge on any atom is -0.462 e. The van der Waals surface area contributed by atoms with Crippen molar-refractivity contribution in [2.75, 3.05) is 6.79 Å². The number of ether oxygens (including phenoxy) is 3. The number of hydrogen-bond acceptors (Lipinski definition) is 7. The average Bonchev–Trinajstić information content (AvgIpc) is 2.24. The van der Waals surface area contributed by atoms with Gasteiger partial charge in [0.05, 0.1) is 6.42 Å². The van der Waals surface area contributed by atoms with Crippen LogP contribution in [0, 0.1) is 0 Å². The van der Waals surface area contributed by atoms with Crippen molar-refractivity contribution in [3.05, 3.63) is 0 Å². The predicted molar refractivity (Wildman–Crippen MR) is 62.8 cm³/mol. The quantitative estimate of drug-likeness (QED) is 0.475. The highest BCUT2D eigenvalue weighted by molar-refractivity contribution is 5.83. The Morgan fingerprint density at radius 1 is 0.947 bits per heavy atom. The Kier molecular flexibility index (Phi) is 8.15. The second kappa shape index (κ2) is 9.07. The monoisotopic (exact) mass is 274 g/mol. The largest absolute Gasteiger partial charge is 0.462 e. The van der Waals surface area contributed by atoms with Crippen molar-refractivity contribution < 1.29 is 33.4 Å². The molecule has 0 bridgehead atoms. The molecule has 0 saturated heterocycles. The fraction of sp³-hybridized carbons (Fsp3) is 0.667. The van der Waals surface area contributed by atoms with Gasteiger partial charge in [-0.3, -0.25) is 19.2 Å². The molecule has 0 amide bonds. The van der Waals surface area contributed by atoms with E-state index in [0.29, 0.717) is 0 Å². The van der Waals surface area contributed by atoms with Gasteiger partial charge in [0.25, 0.3) is 0 Å². The molecule has 0 aliphatic carbocycles. The van der Waals surface area contributed by atoms with Crippen LogP contribution in [0.4, 0.5) is 0 Å². The van der Waals surface area contributed by atoms with Gasteiger partial charge in [-0.2, -0.15) is 0 Å². The van der Waals surface area contributed by atoms with Gasteiger partial charge in [-0.25, -0.2) is 0 Å². The third kappa shape index (κ3) is 10.9. The molecule has 1 unspecified atom stereocenters. The van der Waals surface area contributed by atoms with E-state index in [4.69, 9.17) is 4.74 Å². The van der Waals surface area contributed by atoms with Crippen LogP contribution in [0.3, 0.4) is 0 Å². The molecule has 0 radical (unpaired) electrons. The maximum absolute atomic E-state index is 11.4. The fourth-order valence-electron chi connectivity index (χ4n) is 1.24. The molecule has 0 spiro atoms. The second-order valence-corrected chi connectivity index (χ2v) is 3.93. The van der Waals surface area contributed by atoms with Gasteiger partial charge in [0.1, 0.15) is 11.9 Å². The van der Waals surface area contributed by atoms with Crippen LogP contribution in [0.2, 0.25) is 0 Å². The van der Waals surface area contributed by atoms with Crippen molar-refractivity contribution in [1.29, 1.82) is 0 Å². The van der Waals surface area contributed by atoms with Crippen LogP contribution in [0.25, 0.3) is 0 Å². The van der Waals surface area contributed by atoms with Crippen molar-refractivity contribution in [3.8, 4) is 0 Å². The van der Waals surface area contributed by atoms with E-state index in [0.717, 1.165) is 0 Å². The first kappa shape index (κ1) is 17.1. The third-order valence-corrected chi connectivity index (χ3v) is 1.97. The summed E-state index contributed by atoms with van der Waals surface area (Å²) in [6.07, 6.45) is -0.573. The molecule has 7 heteroatoms. The normalized spacial score (nSPS) is 11.3. The van der Waals surface area contributed by atoms with Gasteiger partial charge in [-0.05, 0) is 6.92 Å². The van der Waals surface area contributed by atoms with Crippen LogP contribution in [0.5, 0.6) is 0 Å². The molecule has 0 fully saturated rings. The summed E-state index contributed by atoms with van der Waals surface area (Å²) < 4.78 is 13.7. The first-order chi connectivity index (χ1) is 8.81. The summed E-state index contributed by atoms with van der Waals surface area (Å²) in [4.78, 5) is 43.6. The Balaban J connectivity index is 3.74. The number of hydrogen-bond donors (Lipinski definition) is 0. The van der Waals surface area contributed by atoms with Gasteiger partial charge in [-0.15, -0.1) is 0 Å². The maximum atomic E-state index is 11.4. The summed E-state index contributed by atoms with van der Waals surface area (Å²) in [6, 6.07) is 0. The number of Topliss-reactive ketones (excluding diaryl/α,β-unsaturated/α-hetero) is 1. The smallest absolute Gasteiger partial charge is 0.309 e.